The van der Waals surface area contributed by atoms with E-state index in [4.69, 9.17) is 21.6 Å². The van der Waals surface area contributed by atoms with E-state index in [1.165, 1.54) is 17.3 Å². The third kappa shape index (κ3) is 3.31. The molecule has 2 heterocycles. The number of aliphatic imine (C=N–C) groups is 1. The molecule has 0 spiro atoms. The van der Waals surface area contributed by atoms with E-state index in [0.29, 0.717) is 22.1 Å². The molecule has 2 aromatic heterocycles. The molecule has 0 radical (unpaired) electrons. The summed E-state index contributed by atoms with van der Waals surface area (Å²) in [5.41, 5.74) is 4.86. The maximum absolute atomic E-state index is 9.59. The average molecular weight is 406 g/mol. The highest BCUT2D eigenvalue weighted by Gasteiger charge is 2.20. The number of nitrogens with one attached hydrogen (secondary N) is 1. The standard InChI is InChI=1S/C21H16ClN5S/c1-13-3-7-15(8-4-13)18-20(24-12-14-5-9-16(22)10-6-14)27-19(25-18)17(11-23)21(26-27)28-2/h3-10,12,26H,1-2H3. The fourth-order valence-electron chi connectivity index (χ4n) is 2.90. The van der Waals surface area contributed by atoms with E-state index in [1.807, 2.05) is 61.7 Å². The fraction of sp³-hybridized carbons (Fsp3) is 0.0952. The van der Waals surface area contributed by atoms with E-state index in [0.717, 1.165) is 21.8 Å². The number of H-pyrrole nitrogens is 1. The van der Waals surface area contributed by atoms with Gasteiger partial charge in [-0.15, -0.1) is 11.8 Å². The number of hydrogen-bond acceptors (Lipinski definition) is 4. The highest BCUT2D eigenvalue weighted by Crippen LogP contribution is 2.34. The number of halogens is 1. The third-order valence-corrected chi connectivity index (χ3v) is 5.32. The Balaban J connectivity index is 1.91. The molecule has 4 rings (SSSR count). The normalized spacial score (nSPS) is 11.4. The van der Waals surface area contributed by atoms with Crippen molar-refractivity contribution in [1.82, 2.24) is 14.6 Å². The highest BCUT2D eigenvalue weighted by molar-refractivity contribution is 7.98. The molecule has 0 aliphatic rings. The molecule has 0 saturated heterocycles. The lowest BCUT2D eigenvalue weighted by atomic mass is 10.1. The lowest BCUT2D eigenvalue weighted by molar-refractivity contribution is 0.909. The maximum atomic E-state index is 9.59. The summed E-state index contributed by atoms with van der Waals surface area (Å²) in [6, 6.07) is 17.8. The van der Waals surface area contributed by atoms with Gasteiger partial charge in [-0.1, -0.05) is 53.6 Å². The molecule has 0 aliphatic carbocycles. The Kier molecular flexibility index (Phi) is 4.95. The van der Waals surface area contributed by atoms with Crippen LogP contribution in [0.5, 0.6) is 0 Å². The Morgan fingerprint density at radius 1 is 1.18 bits per heavy atom. The van der Waals surface area contributed by atoms with Crippen LogP contribution in [0.4, 0.5) is 5.82 Å². The van der Waals surface area contributed by atoms with Crippen LogP contribution < -0.4 is 0 Å². The van der Waals surface area contributed by atoms with Crippen molar-refractivity contribution in [3.8, 4) is 17.3 Å². The van der Waals surface area contributed by atoms with Crippen molar-refractivity contribution in [1.29, 1.82) is 5.26 Å². The number of aromatic nitrogens is 3. The molecule has 2 aromatic carbocycles. The first-order chi connectivity index (χ1) is 13.6. The van der Waals surface area contributed by atoms with Gasteiger partial charge in [0, 0.05) is 16.8 Å². The van der Waals surface area contributed by atoms with Crippen molar-refractivity contribution in [2.45, 2.75) is 11.9 Å². The van der Waals surface area contributed by atoms with E-state index >= 15 is 0 Å². The summed E-state index contributed by atoms with van der Waals surface area (Å²) in [6.45, 7) is 2.04. The Labute approximate surface area is 171 Å². The molecule has 0 bridgehead atoms. The first-order valence-electron chi connectivity index (χ1n) is 8.56. The molecule has 0 saturated carbocycles. The van der Waals surface area contributed by atoms with Gasteiger partial charge in [0.15, 0.2) is 11.5 Å². The van der Waals surface area contributed by atoms with Crippen LogP contribution in [0.25, 0.3) is 16.9 Å². The van der Waals surface area contributed by atoms with Gasteiger partial charge >= 0.3 is 0 Å². The van der Waals surface area contributed by atoms with Crippen LogP contribution in [0.1, 0.15) is 16.7 Å². The van der Waals surface area contributed by atoms with Gasteiger partial charge in [-0.2, -0.15) is 5.26 Å². The molecule has 0 fully saturated rings. The van der Waals surface area contributed by atoms with Gasteiger partial charge in [0.2, 0.25) is 0 Å². The number of thioether (sulfide) groups is 1. The molecule has 28 heavy (non-hydrogen) atoms. The van der Waals surface area contributed by atoms with E-state index in [9.17, 15) is 5.26 Å². The third-order valence-electron chi connectivity index (χ3n) is 4.36. The molecule has 7 heteroatoms. The van der Waals surface area contributed by atoms with Crippen molar-refractivity contribution in [2.75, 3.05) is 6.26 Å². The number of aryl methyl sites for hydroxylation is 1. The first-order valence-corrected chi connectivity index (χ1v) is 10.2. The Morgan fingerprint density at radius 2 is 1.89 bits per heavy atom. The number of fused-ring (bicyclic) bond motifs is 1. The summed E-state index contributed by atoms with van der Waals surface area (Å²) in [4.78, 5) is 9.44. The van der Waals surface area contributed by atoms with Gasteiger partial charge in [0.05, 0.1) is 0 Å². The largest absolute Gasteiger partial charge is 0.283 e. The number of hydrogen-bond donors (Lipinski definition) is 1. The summed E-state index contributed by atoms with van der Waals surface area (Å²) in [5.74, 6) is 0.644. The van der Waals surface area contributed by atoms with Crippen LogP contribution in [0, 0.1) is 18.3 Å². The topological polar surface area (TPSA) is 69.2 Å². The molecule has 0 unspecified atom stereocenters. The molecular weight excluding hydrogens is 390 g/mol. The monoisotopic (exact) mass is 405 g/mol. The van der Waals surface area contributed by atoms with Gasteiger partial charge in [-0.25, -0.2) is 14.5 Å². The van der Waals surface area contributed by atoms with Crippen molar-refractivity contribution in [3.05, 3.63) is 70.2 Å². The number of nitriles is 1. The second kappa shape index (κ2) is 7.55. The summed E-state index contributed by atoms with van der Waals surface area (Å²) in [7, 11) is 0. The number of nitrogens with zero attached hydrogens (tertiary/aromatic N) is 4. The molecule has 1 N–H and O–H groups in total. The van der Waals surface area contributed by atoms with Crippen molar-refractivity contribution >= 4 is 41.0 Å². The van der Waals surface area contributed by atoms with Gasteiger partial charge in [0.25, 0.3) is 0 Å². The van der Waals surface area contributed by atoms with Crippen molar-refractivity contribution in [3.63, 3.8) is 0 Å². The molecule has 5 nitrogen and oxygen atoms in total. The van der Waals surface area contributed by atoms with Gasteiger partial charge in [0.1, 0.15) is 22.4 Å². The highest BCUT2D eigenvalue weighted by atomic mass is 35.5. The zero-order valence-corrected chi connectivity index (χ0v) is 16.8. The Hall–Kier alpha value is -3.01. The van der Waals surface area contributed by atoms with E-state index in [2.05, 4.69) is 11.2 Å². The Bertz CT molecular complexity index is 1210. The second-order valence-electron chi connectivity index (χ2n) is 6.25. The second-order valence-corrected chi connectivity index (χ2v) is 7.50. The predicted octanol–water partition coefficient (Wildman–Crippen LogP) is 5.64. The molecule has 138 valence electrons. The summed E-state index contributed by atoms with van der Waals surface area (Å²) in [6.07, 6.45) is 3.69. The van der Waals surface area contributed by atoms with Crippen LogP contribution in [0.2, 0.25) is 5.02 Å². The molecule has 0 amide bonds. The smallest absolute Gasteiger partial charge is 0.180 e. The summed E-state index contributed by atoms with van der Waals surface area (Å²) in [5, 5.41) is 14.3. The zero-order chi connectivity index (χ0) is 19.7. The SMILES string of the molecule is CSc1[nH]n2c(N=Cc3ccc(Cl)cc3)c(-c3ccc(C)cc3)nc2c1C#N. The van der Waals surface area contributed by atoms with Gasteiger partial charge in [-0.05, 0) is 30.9 Å². The lowest BCUT2D eigenvalue weighted by Gasteiger charge is -2.01. The van der Waals surface area contributed by atoms with Crippen molar-refractivity contribution in [2.24, 2.45) is 4.99 Å². The number of imidazole rings is 1. The quantitative estimate of drug-likeness (QED) is 0.353. The minimum Gasteiger partial charge on any atom is -0.283 e. The summed E-state index contributed by atoms with van der Waals surface area (Å²) < 4.78 is 1.77. The predicted molar refractivity (Wildman–Crippen MR) is 115 cm³/mol. The van der Waals surface area contributed by atoms with E-state index in [-0.39, 0.29) is 0 Å². The van der Waals surface area contributed by atoms with Gasteiger partial charge < -0.3 is 0 Å². The maximum Gasteiger partial charge on any atom is 0.180 e. The fourth-order valence-corrected chi connectivity index (χ4v) is 3.55. The van der Waals surface area contributed by atoms with Crippen LogP contribution in [-0.2, 0) is 0 Å². The molecule has 0 atom stereocenters. The number of benzene rings is 2. The average Bonchev–Trinajstić information content (AvgIpc) is 3.23. The zero-order valence-electron chi connectivity index (χ0n) is 15.3. The number of rotatable bonds is 4. The lowest BCUT2D eigenvalue weighted by Crippen LogP contribution is -1.87. The van der Waals surface area contributed by atoms with Gasteiger partial charge in [-0.3, -0.25) is 5.10 Å². The van der Waals surface area contributed by atoms with Crippen LogP contribution >= 0.6 is 23.4 Å². The molecular formula is C21H16ClN5S. The minimum absolute atomic E-state index is 0.522. The van der Waals surface area contributed by atoms with E-state index < -0.39 is 0 Å². The van der Waals surface area contributed by atoms with E-state index in [1.54, 1.807) is 10.7 Å². The Morgan fingerprint density at radius 3 is 2.54 bits per heavy atom. The van der Waals surface area contributed by atoms with Crippen LogP contribution in [0.15, 0.2) is 58.5 Å². The number of aromatic amines is 1. The first kappa shape index (κ1) is 18.4. The van der Waals surface area contributed by atoms with Crippen LogP contribution in [-0.4, -0.2) is 27.1 Å². The minimum atomic E-state index is 0.522. The van der Waals surface area contributed by atoms with Crippen molar-refractivity contribution < 1.29 is 0 Å². The summed E-state index contributed by atoms with van der Waals surface area (Å²) >= 11 is 7.44. The molecule has 4 aromatic rings. The van der Waals surface area contributed by atoms with Crippen LogP contribution in [0.3, 0.4) is 0 Å². The molecule has 0 aliphatic heterocycles.